The first-order valence-corrected chi connectivity index (χ1v) is 21.1. The predicted molar refractivity (Wildman–Crippen MR) is 258 cm³/mol. The van der Waals surface area contributed by atoms with E-state index in [9.17, 15) is 0 Å². The van der Waals surface area contributed by atoms with Crippen molar-refractivity contribution in [2.45, 2.75) is 0 Å². The summed E-state index contributed by atoms with van der Waals surface area (Å²) >= 11 is 0. The standard InChI is InChI=1S/C58H36N2O2/c1-2-21-42-37(15-1)16-13-30-50(42)60(40-19-11-17-38(35-40)43-26-14-27-48-46-24-5-9-31-54(46)61-57(43)48)53-34-33-49-47-25-6-10-32-55(47)62-58(49)56(53)39-18-12-20-41(36-39)59-51-28-7-3-22-44(51)45-23-4-8-29-52(45)59/h1-36H. The zero-order valence-electron chi connectivity index (χ0n) is 33.5. The summed E-state index contributed by atoms with van der Waals surface area (Å²) in [5.74, 6) is 0. The maximum atomic E-state index is 6.98. The number of para-hydroxylation sites is 5. The summed E-state index contributed by atoms with van der Waals surface area (Å²) in [5, 5.41) is 9.16. The van der Waals surface area contributed by atoms with Crippen molar-refractivity contribution in [3.05, 3.63) is 218 Å². The average Bonchev–Trinajstić information content (AvgIpc) is 4.02. The number of nitrogens with zero attached hydrogens (tertiary/aromatic N) is 2. The zero-order valence-corrected chi connectivity index (χ0v) is 33.5. The molecule has 290 valence electrons. The third kappa shape index (κ3) is 5.20. The number of hydrogen-bond donors (Lipinski definition) is 0. The van der Waals surface area contributed by atoms with E-state index in [0.717, 1.165) is 99.7 Å². The molecule has 0 spiro atoms. The Morgan fingerprint density at radius 2 is 0.919 bits per heavy atom. The van der Waals surface area contributed by atoms with Gasteiger partial charge >= 0.3 is 0 Å². The van der Waals surface area contributed by atoms with Gasteiger partial charge < -0.3 is 18.3 Å². The lowest BCUT2D eigenvalue weighted by molar-refractivity contribution is 0.669. The number of hydrogen-bond acceptors (Lipinski definition) is 3. The Morgan fingerprint density at radius 3 is 1.69 bits per heavy atom. The molecule has 0 radical (unpaired) electrons. The molecule has 0 N–H and O–H groups in total. The Balaban J connectivity index is 1.10. The van der Waals surface area contributed by atoms with Gasteiger partial charge in [-0.1, -0.05) is 152 Å². The first-order chi connectivity index (χ1) is 30.8. The van der Waals surface area contributed by atoms with Crippen LogP contribution in [0.2, 0.25) is 0 Å². The van der Waals surface area contributed by atoms with Crippen molar-refractivity contribution >= 4 is 93.5 Å². The van der Waals surface area contributed by atoms with Crippen molar-refractivity contribution < 1.29 is 8.83 Å². The van der Waals surface area contributed by atoms with Crippen LogP contribution < -0.4 is 4.90 Å². The smallest absolute Gasteiger partial charge is 0.145 e. The maximum Gasteiger partial charge on any atom is 0.145 e. The Bertz CT molecular complexity index is 3840. The molecule has 0 atom stereocenters. The van der Waals surface area contributed by atoms with Crippen molar-refractivity contribution in [2.24, 2.45) is 0 Å². The van der Waals surface area contributed by atoms with Crippen LogP contribution in [0.15, 0.2) is 227 Å². The van der Waals surface area contributed by atoms with Crippen LogP contribution in [0.4, 0.5) is 17.1 Å². The quantitative estimate of drug-likeness (QED) is 0.168. The molecule has 0 bridgehead atoms. The van der Waals surface area contributed by atoms with Crippen LogP contribution >= 0.6 is 0 Å². The topological polar surface area (TPSA) is 34.5 Å². The molecule has 13 aromatic rings. The molecule has 0 aliphatic rings. The summed E-state index contributed by atoms with van der Waals surface area (Å²) < 4.78 is 16.0. The summed E-state index contributed by atoms with van der Waals surface area (Å²) in [7, 11) is 0. The lowest BCUT2D eigenvalue weighted by Crippen LogP contribution is -2.12. The van der Waals surface area contributed by atoms with Gasteiger partial charge in [-0.2, -0.15) is 0 Å². The van der Waals surface area contributed by atoms with Crippen LogP contribution in [-0.2, 0) is 0 Å². The minimum absolute atomic E-state index is 0.844. The number of rotatable bonds is 6. The molecular formula is C58H36N2O2. The van der Waals surface area contributed by atoms with Gasteiger partial charge in [-0.05, 0) is 83.2 Å². The summed E-state index contributed by atoms with van der Waals surface area (Å²) in [6, 6.07) is 78.0. The number of furan rings is 2. The molecule has 0 saturated carbocycles. The van der Waals surface area contributed by atoms with Gasteiger partial charge in [0.1, 0.15) is 22.3 Å². The minimum atomic E-state index is 0.844. The molecule has 0 amide bonds. The molecule has 3 heterocycles. The van der Waals surface area contributed by atoms with Crippen LogP contribution in [0.1, 0.15) is 0 Å². The second-order valence-electron chi connectivity index (χ2n) is 16.0. The number of fused-ring (bicyclic) bond motifs is 10. The van der Waals surface area contributed by atoms with E-state index in [2.05, 4.69) is 210 Å². The van der Waals surface area contributed by atoms with Crippen molar-refractivity contribution in [3.8, 4) is 27.9 Å². The fraction of sp³-hybridized carbons (Fsp3) is 0. The van der Waals surface area contributed by atoms with Crippen LogP contribution in [0.5, 0.6) is 0 Å². The van der Waals surface area contributed by atoms with E-state index in [1.54, 1.807) is 0 Å². The second-order valence-corrected chi connectivity index (χ2v) is 16.0. The van der Waals surface area contributed by atoms with Crippen molar-refractivity contribution in [2.75, 3.05) is 4.90 Å². The molecule has 4 nitrogen and oxygen atoms in total. The second kappa shape index (κ2) is 13.6. The lowest BCUT2D eigenvalue weighted by atomic mass is 9.96. The van der Waals surface area contributed by atoms with E-state index in [4.69, 9.17) is 8.83 Å². The highest BCUT2D eigenvalue weighted by molar-refractivity contribution is 6.15. The molecule has 0 saturated heterocycles. The minimum Gasteiger partial charge on any atom is -0.455 e. The molecule has 0 aliphatic carbocycles. The molecule has 0 fully saturated rings. The summed E-state index contributed by atoms with van der Waals surface area (Å²) in [6.07, 6.45) is 0. The predicted octanol–water partition coefficient (Wildman–Crippen LogP) is 16.5. The molecule has 62 heavy (non-hydrogen) atoms. The first-order valence-electron chi connectivity index (χ1n) is 21.1. The highest BCUT2D eigenvalue weighted by atomic mass is 16.3. The van der Waals surface area contributed by atoms with Crippen molar-refractivity contribution in [1.29, 1.82) is 0 Å². The normalized spacial score (nSPS) is 11.9. The van der Waals surface area contributed by atoms with Crippen molar-refractivity contribution in [1.82, 2.24) is 4.57 Å². The highest BCUT2D eigenvalue weighted by Crippen LogP contribution is 2.49. The number of anilines is 3. The largest absolute Gasteiger partial charge is 0.455 e. The van der Waals surface area contributed by atoms with Gasteiger partial charge in [-0.3, -0.25) is 0 Å². The fourth-order valence-electron chi connectivity index (χ4n) is 9.84. The van der Waals surface area contributed by atoms with Crippen molar-refractivity contribution in [3.63, 3.8) is 0 Å². The zero-order chi connectivity index (χ0) is 40.7. The third-order valence-electron chi connectivity index (χ3n) is 12.6. The molecule has 13 rings (SSSR count). The summed E-state index contributed by atoms with van der Waals surface area (Å²) in [6.45, 7) is 0. The molecule has 4 heteroatoms. The summed E-state index contributed by atoms with van der Waals surface area (Å²) in [5.41, 5.74) is 14.2. The van der Waals surface area contributed by atoms with Gasteiger partial charge in [0.05, 0.1) is 22.4 Å². The Kier molecular flexibility index (Phi) is 7.57. The summed E-state index contributed by atoms with van der Waals surface area (Å²) in [4.78, 5) is 2.42. The van der Waals surface area contributed by atoms with Crippen LogP contribution in [0, 0.1) is 0 Å². The van der Waals surface area contributed by atoms with E-state index in [0.29, 0.717) is 0 Å². The Hall–Kier alpha value is -8.34. The van der Waals surface area contributed by atoms with E-state index < -0.39 is 0 Å². The van der Waals surface area contributed by atoms with Gasteiger partial charge in [0.2, 0.25) is 0 Å². The van der Waals surface area contributed by atoms with Crippen LogP contribution in [0.3, 0.4) is 0 Å². The van der Waals surface area contributed by atoms with E-state index >= 15 is 0 Å². The molecule has 3 aromatic heterocycles. The van der Waals surface area contributed by atoms with Gasteiger partial charge in [-0.15, -0.1) is 0 Å². The van der Waals surface area contributed by atoms with E-state index in [1.807, 2.05) is 18.2 Å². The highest BCUT2D eigenvalue weighted by Gasteiger charge is 2.25. The molecular weight excluding hydrogens is 757 g/mol. The Morgan fingerprint density at radius 1 is 0.355 bits per heavy atom. The third-order valence-corrected chi connectivity index (χ3v) is 12.6. The monoisotopic (exact) mass is 792 g/mol. The van der Waals surface area contributed by atoms with Gasteiger partial charge in [-0.25, -0.2) is 0 Å². The van der Waals surface area contributed by atoms with Crippen LogP contribution in [-0.4, -0.2) is 4.57 Å². The SMILES string of the molecule is c1cc(-c2cccc3c2oc2ccccc23)cc(N(c2ccc3c(oc4ccccc43)c2-c2cccc(-n3c4ccccc4c4ccccc43)c2)c2cccc3ccccc23)c1. The van der Waals surface area contributed by atoms with Gasteiger partial charge in [0, 0.05) is 60.2 Å². The van der Waals surface area contributed by atoms with Gasteiger partial charge in [0.15, 0.2) is 0 Å². The number of aromatic nitrogens is 1. The first kappa shape index (κ1) is 34.5. The number of benzene rings is 10. The molecule has 0 unspecified atom stereocenters. The molecule has 10 aromatic carbocycles. The Labute approximate surface area is 356 Å². The fourth-order valence-corrected chi connectivity index (χ4v) is 9.84. The average molecular weight is 793 g/mol. The molecule has 0 aliphatic heterocycles. The van der Waals surface area contributed by atoms with Gasteiger partial charge in [0.25, 0.3) is 0 Å². The maximum absolute atomic E-state index is 6.98. The lowest BCUT2D eigenvalue weighted by Gasteiger charge is -2.29. The van der Waals surface area contributed by atoms with Crippen LogP contribution in [0.25, 0.3) is 104 Å². The van der Waals surface area contributed by atoms with E-state index in [1.165, 1.54) is 21.8 Å². The van der Waals surface area contributed by atoms with E-state index in [-0.39, 0.29) is 0 Å².